The van der Waals surface area contributed by atoms with Gasteiger partial charge in [-0.3, -0.25) is 0 Å². The van der Waals surface area contributed by atoms with E-state index in [4.69, 9.17) is 9.72 Å². The van der Waals surface area contributed by atoms with E-state index in [-0.39, 0.29) is 11.5 Å². The predicted octanol–water partition coefficient (Wildman–Crippen LogP) is 3.86. The average molecular weight is 282 g/mol. The van der Waals surface area contributed by atoms with Crippen LogP contribution < -0.4 is 5.32 Å². The summed E-state index contributed by atoms with van der Waals surface area (Å²) in [5.41, 5.74) is 1.38. The minimum Gasteiger partial charge on any atom is -0.371 e. The molecule has 0 saturated heterocycles. The third-order valence-corrected chi connectivity index (χ3v) is 4.91. The molecule has 0 saturated carbocycles. The highest BCUT2D eigenvalue weighted by molar-refractivity contribution is 7.12. The van der Waals surface area contributed by atoms with E-state index < -0.39 is 0 Å². The van der Waals surface area contributed by atoms with Crippen LogP contribution >= 0.6 is 11.3 Å². The van der Waals surface area contributed by atoms with Gasteiger partial charge in [0.05, 0.1) is 5.69 Å². The molecule has 1 aromatic rings. The molecule has 1 aliphatic rings. The molecule has 1 aromatic heterocycles. The summed E-state index contributed by atoms with van der Waals surface area (Å²) in [6.07, 6.45) is 3.68. The normalized spacial score (nSPS) is 21.2. The van der Waals surface area contributed by atoms with Gasteiger partial charge in [-0.15, -0.1) is 11.3 Å². The zero-order valence-corrected chi connectivity index (χ0v) is 13.6. The fourth-order valence-electron chi connectivity index (χ4n) is 2.68. The first-order valence-electron chi connectivity index (χ1n) is 7.25. The zero-order valence-electron chi connectivity index (χ0n) is 12.7. The first-order valence-corrected chi connectivity index (χ1v) is 8.07. The van der Waals surface area contributed by atoms with E-state index in [2.05, 4.69) is 33.0 Å². The summed E-state index contributed by atoms with van der Waals surface area (Å²) in [4.78, 5) is 6.32. The van der Waals surface area contributed by atoms with Crippen LogP contribution in [0.1, 0.15) is 68.3 Å². The van der Waals surface area contributed by atoms with E-state index in [0.717, 1.165) is 18.0 Å². The molecule has 0 amide bonds. The lowest BCUT2D eigenvalue weighted by Crippen LogP contribution is -2.21. The molecule has 0 aliphatic heterocycles. The molecule has 0 radical (unpaired) electrons. The molecule has 2 atom stereocenters. The Bertz CT molecular complexity index is 422. The Morgan fingerprint density at radius 1 is 1.47 bits per heavy atom. The molecule has 108 valence electrons. The molecule has 0 aromatic carbocycles. The molecule has 4 heteroatoms. The molecule has 2 unspecified atom stereocenters. The molecule has 1 aliphatic carbocycles. The second-order valence-electron chi connectivity index (χ2n) is 6.30. The summed E-state index contributed by atoms with van der Waals surface area (Å²) in [5.74, 6) is 0. The number of nitrogens with zero attached hydrogens (tertiary/aromatic N) is 1. The maximum Gasteiger partial charge on any atom is 0.123 e. The maximum absolute atomic E-state index is 5.97. The number of rotatable bonds is 4. The van der Waals surface area contributed by atoms with Crippen LogP contribution in [0.5, 0.6) is 0 Å². The van der Waals surface area contributed by atoms with Gasteiger partial charge in [0, 0.05) is 17.5 Å². The van der Waals surface area contributed by atoms with Crippen LogP contribution in [0.2, 0.25) is 0 Å². The number of ether oxygens (including phenoxy) is 1. The molecule has 2 rings (SSSR count). The molecule has 3 nitrogen and oxygen atoms in total. The lowest BCUT2D eigenvalue weighted by atomic mass is 9.89. The Labute approximate surface area is 120 Å². The summed E-state index contributed by atoms with van der Waals surface area (Å²) in [6.45, 7) is 9.47. The largest absolute Gasteiger partial charge is 0.371 e. The van der Waals surface area contributed by atoms with Gasteiger partial charge in [-0.05, 0) is 38.6 Å². The zero-order chi connectivity index (χ0) is 14.0. The van der Waals surface area contributed by atoms with Crippen LogP contribution in [0, 0.1) is 5.41 Å². The number of nitrogens with one attached hydrogen (secondary N) is 1. The van der Waals surface area contributed by atoms with Gasteiger partial charge >= 0.3 is 0 Å². The van der Waals surface area contributed by atoms with Gasteiger partial charge in [0.25, 0.3) is 0 Å². The second-order valence-corrected chi connectivity index (χ2v) is 7.36. The lowest BCUT2D eigenvalue weighted by molar-refractivity contribution is -0.0134. The number of hydrogen-bond donors (Lipinski definition) is 1. The third-order valence-electron chi connectivity index (χ3n) is 3.66. The van der Waals surface area contributed by atoms with Crippen LogP contribution in [-0.4, -0.2) is 18.6 Å². The van der Waals surface area contributed by atoms with Crippen LogP contribution in [0.3, 0.4) is 0 Å². The van der Waals surface area contributed by atoms with Crippen molar-refractivity contribution in [3.8, 4) is 0 Å². The smallest absolute Gasteiger partial charge is 0.123 e. The highest BCUT2D eigenvalue weighted by Gasteiger charge is 2.32. The van der Waals surface area contributed by atoms with Gasteiger partial charge in [-0.1, -0.05) is 20.8 Å². The summed E-state index contributed by atoms with van der Waals surface area (Å²) in [6, 6.07) is 0.484. The summed E-state index contributed by atoms with van der Waals surface area (Å²) < 4.78 is 5.97. The molecule has 1 heterocycles. The van der Waals surface area contributed by atoms with Gasteiger partial charge < -0.3 is 10.1 Å². The number of hydrogen-bond acceptors (Lipinski definition) is 4. The van der Waals surface area contributed by atoms with E-state index in [9.17, 15) is 0 Å². The molecular weight excluding hydrogens is 256 g/mol. The molecular formula is C15H26N2OS. The number of fused-ring (bicyclic) bond motifs is 1. The van der Waals surface area contributed by atoms with Gasteiger partial charge in [0.1, 0.15) is 11.1 Å². The van der Waals surface area contributed by atoms with Gasteiger partial charge in [-0.2, -0.15) is 0 Å². The van der Waals surface area contributed by atoms with Crippen molar-refractivity contribution >= 4 is 11.3 Å². The van der Waals surface area contributed by atoms with E-state index in [0.29, 0.717) is 6.04 Å². The quantitative estimate of drug-likeness (QED) is 0.910. The van der Waals surface area contributed by atoms with Crippen molar-refractivity contribution in [1.29, 1.82) is 0 Å². The molecule has 0 bridgehead atoms. The van der Waals surface area contributed by atoms with Crippen molar-refractivity contribution in [3.05, 3.63) is 15.6 Å². The fraction of sp³-hybridized carbons (Fsp3) is 0.800. The van der Waals surface area contributed by atoms with Crippen LogP contribution in [0.4, 0.5) is 0 Å². The Morgan fingerprint density at radius 2 is 2.21 bits per heavy atom. The standard InChI is InChI=1S/C15H26N2OS/c1-6-18-13(15(2,3)4)14-17-11-9-7-8-10(16-5)12(11)19-14/h10,13,16H,6-9H2,1-5H3. The first kappa shape index (κ1) is 14.9. The molecule has 0 fully saturated rings. The van der Waals surface area contributed by atoms with Crippen LogP contribution in [-0.2, 0) is 11.2 Å². The summed E-state index contributed by atoms with van der Waals surface area (Å²) in [7, 11) is 2.04. The van der Waals surface area contributed by atoms with Gasteiger partial charge in [0.15, 0.2) is 0 Å². The predicted molar refractivity (Wildman–Crippen MR) is 80.7 cm³/mol. The van der Waals surface area contributed by atoms with Crippen LogP contribution in [0.25, 0.3) is 0 Å². The number of aromatic nitrogens is 1. The minimum absolute atomic E-state index is 0.0889. The van der Waals surface area contributed by atoms with Crippen molar-refractivity contribution in [2.45, 2.75) is 59.1 Å². The number of thiazole rings is 1. The van der Waals surface area contributed by atoms with Gasteiger partial charge in [-0.25, -0.2) is 4.98 Å². The Hall–Kier alpha value is -0.450. The number of aryl methyl sites for hydroxylation is 1. The van der Waals surface area contributed by atoms with E-state index in [1.165, 1.54) is 23.4 Å². The van der Waals surface area contributed by atoms with Gasteiger partial charge in [0.2, 0.25) is 0 Å². The van der Waals surface area contributed by atoms with Crippen molar-refractivity contribution < 1.29 is 4.74 Å². The SMILES string of the molecule is CCOC(c1nc2c(s1)C(NC)CCC2)C(C)(C)C. The third kappa shape index (κ3) is 3.18. The van der Waals surface area contributed by atoms with Crippen molar-refractivity contribution in [2.24, 2.45) is 5.41 Å². The van der Waals surface area contributed by atoms with Crippen LogP contribution in [0.15, 0.2) is 0 Å². The molecule has 1 N–H and O–H groups in total. The van der Waals surface area contributed by atoms with E-state index >= 15 is 0 Å². The average Bonchev–Trinajstić information content (AvgIpc) is 2.77. The highest BCUT2D eigenvalue weighted by Crippen LogP contribution is 2.42. The first-order chi connectivity index (χ1) is 8.97. The highest BCUT2D eigenvalue weighted by atomic mass is 32.1. The van der Waals surface area contributed by atoms with Crippen molar-refractivity contribution in [2.75, 3.05) is 13.7 Å². The molecule has 0 spiro atoms. The summed E-state index contributed by atoms with van der Waals surface area (Å²) in [5, 5.41) is 4.57. The fourth-order valence-corrected chi connectivity index (χ4v) is 4.24. The monoisotopic (exact) mass is 282 g/mol. The lowest BCUT2D eigenvalue weighted by Gasteiger charge is -2.28. The summed E-state index contributed by atoms with van der Waals surface area (Å²) >= 11 is 1.84. The Morgan fingerprint density at radius 3 is 2.79 bits per heavy atom. The topological polar surface area (TPSA) is 34.1 Å². The Kier molecular flexibility index (Phi) is 4.64. The second kappa shape index (κ2) is 5.90. The minimum atomic E-state index is 0.0889. The van der Waals surface area contributed by atoms with E-state index in [1.807, 2.05) is 18.4 Å². The van der Waals surface area contributed by atoms with Crippen molar-refractivity contribution in [1.82, 2.24) is 10.3 Å². The Balaban J connectivity index is 2.32. The molecule has 19 heavy (non-hydrogen) atoms. The maximum atomic E-state index is 5.97. The van der Waals surface area contributed by atoms with Crippen molar-refractivity contribution in [3.63, 3.8) is 0 Å². The van der Waals surface area contributed by atoms with E-state index in [1.54, 1.807) is 0 Å².